The van der Waals surface area contributed by atoms with Crippen LogP contribution in [0.25, 0.3) is 0 Å². The van der Waals surface area contributed by atoms with Crippen LogP contribution in [-0.4, -0.2) is 0 Å². The summed E-state index contributed by atoms with van der Waals surface area (Å²) in [6.45, 7) is 6.39. The van der Waals surface area contributed by atoms with Crippen molar-refractivity contribution in [3.63, 3.8) is 0 Å². The number of hydrazine groups is 1. The van der Waals surface area contributed by atoms with E-state index in [9.17, 15) is 0 Å². The van der Waals surface area contributed by atoms with Gasteiger partial charge in [0.25, 0.3) is 0 Å². The van der Waals surface area contributed by atoms with Gasteiger partial charge in [-0.15, -0.1) is 0 Å². The Labute approximate surface area is 85.5 Å². The molecule has 78 valence electrons. The predicted molar refractivity (Wildman–Crippen MR) is 60.4 cm³/mol. The Morgan fingerprint density at radius 2 is 1.79 bits per heavy atom. The van der Waals surface area contributed by atoms with Crippen LogP contribution in [0.15, 0.2) is 24.3 Å². The van der Waals surface area contributed by atoms with Gasteiger partial charge in [-0.2, -0.15) is 0 Å². The van der Waals surface area contributed by atoms with Crippen LogP contribution in [0.2, 0.25) is 0 Å². The number of nitrogens with one attached hydrogen (secondary N) is 1. The third kappa shape index (κ3) is 2.25. The lowest BCUT2D eigenvalue weighted by molar-refractivity contribution is 0.276. The Morgan fingerprint density at radius 3 is 2.21 bits per heavy atom. The van der Waals surface area contributed by atoms with Gasteiger partial charge < -0.3 is 5.73 Å². The fraction of sp³-hybridized carbons (Fsp3) is 0.455. The summed E-state index contributed by atoms with van der Waals surface area (Å²) in [5, 5.41) is 0. The standard InChI is InChI=1S/C11H19N3/c1-11(2,3)10(14-13)8-6-4-5-7-9(8)12/h4-7,10,14H,12-13H2,1-3H3. The van der Waals surface area contributed by atoms with E-state index in [2.05, 4.69) is 26.2 Å². The normalized spacial score (nSPS) is 14.0. The molecule has 5 N–H and O–H groups in total. The maximum absolute atomic E-state index is 5.90. The summed E-state index contributed by atoms with van der Waals surface area (Å²) in [5.41, 5.74) is 10.6. The smallest absolute Gasteiger partial charge is 0.0528 e. The zero-order valence-corrected chi connectivity index (χ0v) is 9.04. The lowest BCUT2D eigenvalue weighted by Gasteiger charge is -2.31. The second-order valence-corrected chi connectivity index (χ2v) is 4.59. The van der Waals surface area contributed by atoms with Crippen LogP contribution in [0.4, 0.5) is 5.69 Å². The van der Waals surface area contributed by atoms with E-state index in [1.54, 1.807) is 0 Å². The van der Waals surface area contributed by atoms with Crippen LogP contribution in [-0.2, 0) is 0 Å². The Balaban J connectivity index is 3.08. The lowest BCUT2D eigenvalue weighted by atomic mass is 9.82. The Bertz CT molecular complexity index is 302. The number of rotatable bonds is 2. The summed E-state index contributed by atoms with van der Waals surface area (Å²) in [4.78, 5) is 0. The van der Waals surface area contributed by atoms with Crippen molar-refractivity contribution in [2.24, 2.45) is 11.3 Å². The largest absolute Gasteiger partial charge is 0.398 e. The second-order valence-electron chi connectivity index (χ2n) is 4.59. The van der Waals surface area contributed by atoms with Gasteiger partial charge in [0.15, 0.2) is 0 Å². The lowest BCUT2D eigenvalue weighted by Crippen LogP contribution is -2.37. The van der Waals surface area contributed by atoms with Crippen molar-refractivity contribution < 1.29 is 0 Å². The van der Waals surface area contributed by atoms with Gasteiger partial charge in [-0.05, 0) is 17.0 Å². The first-order chi connectivity index (χ1) is 6.46. The molecule has 0 spiro atoms. The maximum Gasteiger partial charge on any atom is 0.0528 e. The molecule has 3 nitrogen and oxygen atoms in total. The average molecular weight is 193 g/mol. The highest BCUT2D eigenvalue weighted by atomic mass is 15.2. The fourth-order valence-corrected chi connectivity index (χ4v) is 1.58. The van der Waals surface area contributed by atoms with Crippen LogP contribution in [0, 0.1) is 5.41 Å². The third-order valence-corrected chi connectivity index (χ3v) is 2.34. The predicted octanol–water partition coefficient (Wildman–Crippen LogP) is 1.82. The first kappa shape index (κ1) is 11.0. The fourth-order valence-electron chi connectivity index (χ4n) is 1.58. The molecule has 14 heavy (non-hydrogen) atoms. The Hall–Kier alpha value is -1.06. The molecule has 0 saturated carbocycles. The first-order valence-corrected chi connectivity index (χ1v) is 4.77. The molecule has 0 radical (unpaired) electrons. The summed E-state index contributed by atoms with van der Waals surface area (Å²) in [6.07, 6.45) is 0. The third-order valence-electron chi connectivity index (χ3n) is 2.34. The minimum atomic E-state index is 0.0459. The molecule has 0 saturated heterocycles. The van der Waals surface area contributed by atoms with E-state index in [1.807, 2.05) is 24.3 Å². The Morgan fingerprint density at radius 1 is 1.21 bits per heavy atom. The molecule has 0 fully saturated rings. The van der Waals surface area contributed by atoms with E-state index in [4.69, 9.17) is 11.6 Å². The summed E-state index contributed by atoms with van der Waals surface area (Å²) >= 11 is 0. The van der Waals surface area contributed by atoms with Gasteiger partial charge in [0.05, 0.1) is 6.04 Å². The zero-order chi connectivity index (χ0) is 10.8. The number of benzene rings is 1. The van der Waals surface area contributed by atoms with Crippen molar-refractivity contribution in [3.8, 4) is 0 Å². The molecule has 0 aliphatic heterocycles. The molecule has 1 rings (SSSR count). The van der Waals surface area contributed by atoms with E-state index < -0.39 is 0 Å². The van der Waals surface area contributed by atoms with Crippen molar-refractivity contribution in [2.75, 3.05) is 5.73 Å². The van der Waals surface area contributed by atoms with E-state index in [0.717, 1.165) is 11.3 Å². The SMILES string of the molecule is CC(C)(C)C(NN)c1ccccc1N. The maximum atomic E-state index is 5.90. The number of anilines is 1. The van der Waals surface area contributed by atoms with Gasteiger partial charge >= 0.3 is 0 Å². The molecule has 0 amide bonds. The molecular formula is C11H19N3. The highest BCUT2D eigenvalue weighted by Crippen LogP contribution is 2.34. The monoisotopic (exact) mass is 193 g/mol. The molecule has 0 aromatic heterocycles. The van der Waals surface area contributed by atoms with Crippen molar-refractivity contribution >= 4 is 5.69 Å². The summed E-state index contributed by atoms with van der Waals surface area (Å²) in [7, 11) is 0. The highest BCUT2D eigenvalue weighted by molar-refractivity contribution is 5.48. The molecule has 0 bridgehead atoms. The van der Waals surface area contributed by atoms with E-state index in [-0.39, 0.29) is 11.5 Å². The zero-order valence-electron chi connectivity index (χ0n) is 9.04. The van der Waals surface area contributed by atoms with Gasteiger partial charge in [0.2, 0.25) is 0 Å². The summed E-state index contributed by atoms with van der Waals surface area (Å²) in [5.74, 6) is 5.55. The van der Waals surface area contributed by atoms with Crippen molar-refractivity contribution in [1.82, 2.24) is 5.43 Å². The number of para-hydroxylation sites is 1. The topological polar surface area (TPSA) is 64.1 Å². The van der Waals surface area contributed by atoms with Gasteiger partial charge in [0.1, 0.15) is 0 Å². The van der Waals surface area contributed by atoms with Gasteiger partial charge in [-0.25, -0.2) is 0 Å². The molecule has 0 aliphatic rings. The van der Waals surface area contributed by atoms with E-state index >= 15 is 0 Å². The molecule has 3 heteroatoms. The number of hydrogen-bond acceptors (Lipinski definition) is 3. The van der Waals surface area contributed by atoms with Crippen LogP contribution >= 0.6 is 0 Å². The van der Waals surface area contributed by atoms with Crippen molar-refractivity contribution in [2.45, 2.75) is 26.8 Å². The molecule has 1 unspecified atom stereocenters. The second kappa shape index (κ2) is 3.98. The van der Waals surface area contributed by atoms with Crippen molar-refractivity contribution in [1.29, 1.82) is 0 Å². The van der Waals surface area contributed by atoms with Crippen LogP contribution in [0.5, 0.6) is 0 Å². The molecule has 0 heterocycles. The molecule has 1 aromatic rings. The van der Waals surface area contributed by atoms with Gasteiger partial charge in [-0.3, -0.25) is 11.3 Å². The minimum Gasteiger partial charge on any atom is -0.398 e. The number of nitrogen functional groups attached to an aromatic ring is 1. The summed E-state index contributed by atoms with van der Waals surface area (Å²) in [6, 6.07) is 7.87. The van der Waals surface area contributed by atoms with Crippen LogP contribution in [0.1, 0.15) is 32.4 Å². The molecule has 1 atom stereocenters. The first-order valence-electron chi connectivity index (χ1n) is 4.77. The van der Waals surface area contributed by atoms with Crippen LogP contribution in [0.3, 0.4) is 0 Å². The summed E-state index contributed by atoms with van der Waals surface area (Å²) < 4.78 is 0. The quantitative estimate of drug-likeness (QED) is 0.381. The highest BCUT2D eigenvalue weighted by Gasteiger charge is 2.26. The molecule has 1 aromatic carbocycles. The Kier molecular flexibility index (Phi) is 3.13. The van der Waals surface area contributed by atoms with E-state index in [0.29, 0.717) is 0 Å². The van der Waals surface area contributed by atoms with Crippen molar-refractivity contribution in [3.05, 3.63) is 29.8 Å². The van der Waals surface area contributed by atoms with Gasteiger partial charge in [-0.1, -0.05) is 39.0 Å². The number of hydrogen-bond donors (Lipinski definition) is 3. The van der Waals surface area contributed by atoms with Gasteiger partial charge in [0, 0.05) is 5.69 Å². The molecule has 0 aliphatic carbocycles. The number of nitrogens with two attached hydrogens (primary N) is 2. The minimum absolute atomic E-state index is 0.0459. The van der Waals surface area contributed by atoms with Crippen LogP contribution < -0.4 is 17.0 Å². The average Bonchev–Trinajstić information content (AvgIpc) is 2.07. The molecular weight excluding hydrogens is 174 g/mol. The van der Waals surface area contributed by atoms with E-state index in [1.165, 1.54) is 0 Å².